The lowest BCUT2D eigenvalue weighted by Crippen LogP contribution is -2.32. The van der Waals surface area contributed by atoms with E-state index in [1.807, 2.05) is 0 Å². The van der Waals surface area contributed by atoms with Crippen molar-refractivity contribution >= 4 is 41.2 Å². The van der Waals surface area contributed by atoms with Crippen LogP contribution in [0.2, 0.25) is 0 Å². The molecule has 0 unspecified atom stereocenters. The predicted octanol–water partition coefficient (Wildman–Crippen LogP) is 2.93. The standard InChI is InChI=1S/C17H17FN4O6S/c1-20(8-11-3-5-15(27-11)22(25)26)14-4-2-10(6-13(14)18)21-9-12(28-17(21)24)7-19-16(23)29/h2-6,12H,7-9H2,1H3,(H2,19,23,29)/t12-/m0/s1. The number of nitrogens with zero attached hydrogens (tertiary/aromatic N) is 3. The van der Waals surface area contributed by atoms with E-state index in [0.29, 0.717) is 11.4 Å². The maximum atomic E-state index is 14.6. The van der Waals surface area contributed by atoms with Gasteiger partial charge in [-0.15, -0.1) is 0 Å². The summed E-state index contributed by atoms with van der Waals surface area (Å²) in [5.41, 5.74) is 0.525. The molecule has 3 rings (SSSR count). The van der Waals surface area contributed by atoms with Crippen molar-refractivity contribution in [2.45, 2.75) is 12.6 Å². The molecule has 10 nitrogen and oxygen atoms in total. The molecule has 2 heterocycles. The van der Waals surface area contributed by atoms with E-state index in [9.17, 15) is 24.1 Å². The number of halogens is 1. The second kappa shape index (κ2) is 8.39. The van der Waals surface area contributed by atoms with Crippen LogP contribution in [0.1, 0.15) is 5.76 Å². The van der Waals surface area contributed by atoms with Crippen molar-refractivity contribution in [2.75, 3.05) is 29.9 Å². The summed E-state index contributed by atoms with van der Waals surface area (Å²) in [6, 6.07) is 6.91. The fourth-order valence-corrected chi connectivity index (χ4v) is 2.97. The number of benzene rings is 1. The first-order valence-electron chi connectivity index (χ1n) is 8.43. The quantitative estimate of drug-likeness (QED) is 0.399. The predicted molar refractivity (Wildman–Crippen MR) is 104 cm³/mol. The molecule has 1 aromatic heterocycles. The molecular weight excluding hydrogens is 407 g/mol. The highest BCUT2D eigenvalue weighted by atomic mass is 32.1. The molecule has 0 bridgehead atoms. The van der Waals surface area contributed by atoms with E-state index >= 15 is 0 Å². The van der Waals surface area contributed by atoms with E-state index in [1.54, 1.807) is 13.1 Å². The molecule has 1 N–H and O–H groups in total. The van der Waals surface area contributed by atoms with Crippen molar-refractivity contribution in [1.29, 1.82) is 0 Å². The third kappa shape index (κ3) is 4.77. The number of nitro groups is 1. The molecule has 1 atom stereocenters. The first kappa shape index (κ1) is 20.5. The summed E-state index contributed by atoms with van der Waals surface area (Å²) in [6.45, 7) is 0.363. The Morgan fingerprint density at radius 2 is 2.21 bits per heavy atom. The molecule has 1 saturated heterocycles. The topological polar surface area (TPSA) is 118 Å². The zero-order chi connectivity index (χ0) is 21.1. The Labute approximate surface area is 169 Å². The van der Waals surface area contributed by atoms with E-state index in [2.05, 4.69) is 17.9 Å². The summed E-state index contributed by atoms with van der Waals surface area (Å²) in [5, 5.41) is 12.6. The average Bonchev–Trinajstić information content (AvgIpc) is 3.26. The number of hydrogen-bond acceptors (Lipinski definition) is 7. The fraction of sp³-hybridized carbons (Fsp3) is 0.294. The molecule has 0 spiro atoms. The van der Waals surface area contributed by atoms with Crippen LogP contribution in [0, 0.1) is 15.9 Å². The van der Waals surface area contributed by atoms with Crippen LogP contribution in [-0.2, 0) is 11.3 Å². The summed E-state index contributed by atoms with van der Waals surface area (Å²) in [5.74, 6) is -0.675. The number of furan rings is 1. The highest BCUT2D eigenvalue weighted by Gasteiger charge is 2.32. The minimum absolute atomic E-state index is 0.100. The molecule has 29 heavy (non-hydrogen) atoms. The van der Waals surface area contributed by atoms with E-state index in [1.165, 1.54) is 34.1 Å². The summed E-state index contributed by atoms with van der Waals surface area (Å²) < 4.78 is 24.9. The van der Waals surface area contributed by atoms with Crippen LogP contribution in [0.5, 0.6) is 0 Å². The van der Waals surface area contributed by atoms with Gasteiger partial charge in [-0.05, 0) is 24.3 Å². The van der Waals surface area contributed by atoms with Crippen LogP contribution in [-0.4, -0.2) is 42.5 Å². The molecular formula is C17H17FN4O6S. The van der Waals surface area contributed by atoms with Gasteiger partial charge in [0.15, 0.2) is 0 Å². The minimum Gasteiger partial charge on any atom is -0.442 e. The van der Waals surface area contributed by atoms with Crippen LogP contribution in [0.15, 0.2) is 34.7 Å². The van der Waals surface area contributed by atoms with Crippen LogP contribution in [0.4, 0.5) is 31.2 Å². The van der Waals surface area contributed by atoms with Gasteiger partial charge in [-0.3, -0.25) is 19.8 Å². The summed E-state index contributed by atoms with van der Waals surface area (Å²) in [4.78, 5) is 35.7. The third-order valence-electron chi connectivity index (χ3n) is 4.23. The summed E-state index contributed by atoms with van der Waals surface area (Å²) in [6.07, 6.45) is -1.22. The molecule has 0 aliphatic carbocycles. The average molecular weight is 424 g/mol. The lowest BCUT2D eigenvalue weighted by atomic mass is 10.2. The SMILES string of the molecule is CN(Cc1ccc([N+](=O)[O-])o1)c1ccc(N2C[C@H](CNC(=O)S)OC2=O)cc1F. The first-order chi connectivity index (χ1) is 13.7. The van der Waals surface area contributed by atoms with Gasteiger partial charge in [0.1, 0.15) is 22.6 Å². The number of amides is 2. The lowest BCUT2D eigenvalue weighted by Gasteiger charge is -2.20. The van der Waals surface area contributed by atoms with Crippen LogP contribution in [0.25, 0.3) is 0 Å². The second-order valence-electron chi connectivity index (χ2n) is 6.29. The summed E-state index contributed by atoms with van der Waals surface area (Å²) >= 11 is 3.58. The number of hydrogen-bond donors (Lipinski definition) is 2. The van der Waals surface area contributed by atoms with E-state index in [0.717, 1.165) is 0 Å². The van der Waals surface area contributed by atoms with Gasteiger partial charge in [-0.1, -0.05) is 12.6 Å². The Kier molecular flexibility index (Phi) is 5.92. The minimum atomic E-state index is -0.650. The highest BCUT2D eigenvalue weighted by Crippen LogP contribution is 2.28. The zero-order valence-corrected chi connectivity index (χ0v) is 16.1. The van der Waals surface area contributed by atoms with Crippen molar-refractivity contribution in [1.82, 2.24) is 5.32 Å². The molecule has 12 heteroatoms. The van der Waals surface area contributed by atoms with Gasteiger partial charge in [0.2, 0.25) is 0 Å². The largest absolute Gasteiger partial charge is 0.442 e. The zero-order valence-electron chi connectivity index (χ0n) is 15.2. The van der Waals surface area contributed by atoms with Gasteiger partial charge < -0.3 is 19.4 Å². The Hall–Kier alpha value is -3.28. The van der Waals surface area contributed by atoms with E-state index in [4.69, 9.17) is 9.15 Å². The second-order valence-corrected chi connectivity index (χ2v) is 6.70. The third-order valence-corrected chi connectivity index (χ3v) is 4.39. The number of ether oxygens (including phenoxy) is 1. The van der Waals surface area contributed by atoms with Crippen molar-refractivity contribution < 1.29 is 28.1 Å². The number of nitrogens with one attached hydrogen (secondary N) is 1. The van der Waals surface area contributed by atoms with Crippen molar-refractivity contribution in [2.24, 2.45) is 0 Å². The highest BCUT2D eigenvalue weighted by molar-refractivity contribution is 7.96. The van der Waals surface area contributed by atoms with Crippen molar-refractivity contribution in [3.05, 3.63) is 52.0 Å². The van der Waals surface area contributed by atoms with Crippen LogP contribution >= 0.6 is 12.6 Å². The maximum Gasteiger partial charge on any atom is 0.433 e. The number of cyclic esters (lactones) is 1. The Morgan fingerprint density at radius 1 is 1.45 bits per heavy atom. The summed E-state index contributed by atoms with van der Waals surface area (Å²) in [7, 11) is 1.60. The Bertz CT molecular complexity index is 952. The van der Waals surface area contributed by atoms with Gasteiger partial charge in [-0.25, -0.2) is 9.18 Å². The Morgan fingerprint density at radius 3 is 2.83 bits per heavy atom. The smallest absolute Gasteiger partial charge is 0.433 e. The van der Waals surface area contributed by atoms with Crippen molar-refractivity contribution in [3.63, 3.8) is 0 Å². The molecule has 2 aromatic rings. The van der Waals surface area contributed by atoms with E-state index < -0.39 is 28.2 Å². The normalized spacial score (nSPS) is 15.9. The Balaban J connectivity index is 1.68. The molecule has 1 aliphatic heterocycles. The van der Waals surface area contributed by atoms with Crippen LogP contribution in [0.3, 0.4) is 0 Å². The molecule has 1 fully saturated rings. The molecule has 1 aliphatic rings. The number of carbonyl (C=O) groups is 2. The monoisotopic (exact) mass is 424 g/mol. The van der Waals surface area contributed by atoms with Gasteiger partial charge >= 0.3 is 12.0 Å². The van der Waals surface area contributed by atoms with Crippen molar-refractivity contribution in [3.8, 4) is 0 Å². The van der Waals surface area contributed by atoms with Gasteiger partial charge in [0.25, 0.3) is 5.24 Å². The molecule has 1 aromatic carbocycles. The fourth-order valence-electron chi connectivity index (χ4n) is 2.88. The number of anilines is 2. The molecule has 0 radical (unpaired) electrons. The first-order valence-corrected chi connectivity index (χ1v) is 8.88. The lowest BCUT2D eigenvalue weighted by molar-refractivity contribution is -0.402. The van der Waals surface area contributed by atoms with E-state index in [-0.39, 0.29) is 31.2 Å². The van der Waals surface area contributed by atoms with Gasteiger partial charge in [0, 0.05) is 7.05 Å². The van der Waals surface area contributed by atoms with Gasteiger partial charge in [0.05, 0.1) is 37.1 Å². The molecule has 2 amide bonds. The van der Waals surface area contributed by atoms with Crippen LogP contribution < -0.4 is 15.1 Å². The number of rotatable bonds is 7. The molecule has 0 saturated carbocycles. The van der Waals surface area contributed by atoms with Gasteiger partial charge in [-0.2, -0.15) is 0 Å². The number of carbonyl (C=O) groups excluding carboxylic acids is 2. The maximum absolute atomic E-state index is 14.6. The number of thiol groups is 1. The molecule has 154 valence electrons.